The monoisotopic (exact) mass is 418 g/mol. The van der Waals surface area contributed by atoms with Crippen molar-refractivity contribution in [1.82, 2.24) is 15.5 Å². The van der Waals surface area contributed by atoms with Gasteiger partial charge in [0.15, 0.2) is 17.5 Å². The molecule has 0 spiro atoms. The zero-order valence-corrected chi connectivity index (χ0v) is 19.2. The molecule has 0 atom stereocenters. The third-order valence-corrected chi connectivity index (χ3v) is 5.30. The third-order valence-electron chi connectivity index (χ3n) is 5.30. The van der Waals surface area contributed by atoms with Gasteiger partial charge in [-0.05, 0) is 44.9 Å². The predicted molar refractivity (Wildman–Crippen MR) is 123 cm³/mol. The number of nitrogens with one attached hydrogen (secondary N) is 2. The van der Waals surface area contributed by atoms with E-state index in [1.165, 1.54) is 0 Å². The normalized spacial score (nSPS) is 15.6. The van der Waals surface area contributed by atoms with E-state index in [2.05, 4.69) is 49.0 Å². The fourth-order valence-electron chi connectivity index (χ4n) is 3.60. The summed E-state index contributed by atoms with van der Waals surface area (Å²) >= 11 is 0. The van der Waals surface area contributed by atoms with Gasteiger partial charge >= 0.3 is 0 Å². The quantitative estimate of drug-likeness (QED) is 0.346. The number of nitrogens with zero attached hydrogens (tertiary/aromatic N) is 2. The summed E-state index contributed by atoms with van der Waals surface area (Å²) in [5, 5.41) is 6.85. The number of guanidine groups is 1. The maximum Gasteiger partial charge on any atom is 0.191 e. The van der Waals surface area contributed by atoms with Crippen molar-refractivity contribution >= 4 is 5.96 Å². The first-order valence-electron chi connectivity index (χ1n) is 10.6. The lowest BCUT2D eigenvalue weighted by Gasteiger charge is -2.41. The molecule has 1 fully saturated rings. The third kappa shape index (κ3) is 6.64. The van der Waals surface area contributed by atoms with Crippen molar-refractivity contribution in [3.05, 3.63) is 35.9 Å². The first kappa shape index (κ1) is 24.0. The molecule has 30 heavy (non-hydrogen) atoms. The molecule has 0 aliphatic carbocycles. The molecule has 7 heteroatoms. The summed E-state index contributed by atoms with van der Waals surface area (Å²) < 4.78 is 16.5. The van der Waals surface area contributed by atoms with Crippen molar-refractivity contribution in [3.8, 4) is 11.5 Å². The van der Waals surface area contributed by atoms with E-state index in [0.717, 1.165) is 62.2 Å². The average molecular weight is 419 g/mol. The lowest BCUT2D eigenvalue weighted by molar-refractivity contribution is -0.00834. The van der Waals surface area contributed by atoms with Crippen LogP contribution in [0.15, 0.2) is 29.8 Å². The summed E-state index contributed by atoms with van der Waals surface area (Å²) in [7, 11) is 3.31. The van der Waals surface area contributed by atoms with E-state index in [1.807, 2.05) is 12.1 Å². The van der Waals surface area contributed by atoms with Crippen molar-refractivity contribution in [2.75, 3.05) is 53.6 Å². The van der Waals surface area contributed by atoms with Gasteiger partial charge in [0.05, 0.1) is 34.0 Å². The summed E-state index contributed by atoms with van der Waals surface area (Å²) in [6, 6.07) is 4.09. The van der Waals surface area contributed by atoms with Crippen LogP contribution < -0.4 is 20.1 Å². The fraction of sp³-hybridized carbons (Fsp3) is 0.609. The maximum atomic E-state index is 5.53. The zero-order valence-electron chi connectivity index (χ0n) is 19.2. The standard InChI is InChI=1S/C23H38N4O3/c1-7-9-19-14-18(15-20(28-5)21(19)29-6)16-25-22(24-8-2)26-17-23(3,4)27-10-12-30-13-11-27/h7,14-15H,1,8-13,16-17H2,2-6H3,(H2,24,25,26). The number of ether oxygens (including phenoxy) is 3. The molecular formula is C23H38N4O3. The fourth-order valence-corrected chi connectivity index (χ4v) is 3.60. The molecule has 7 nitrogen and oxygen atoms in total. The van der Waals surface area contributed by atoms with Crippen LogP contribution in [0.3, 0.4) is 0 Å². The molecule has 0 radical (unpaired) electrons. The van der Waals surface area contributed by atoms with E-state index < -0.39 is 0 Å². The van der Waals surface area contributed by atoms with Gasteiger partial charge < -0.3 is 24.8 Å². The number of rotatable bonds is 10. The molecule has 0 saturated carbocycles. The van der Waals surface area contributed by atoms with Crippen LogP contribution in [0.25, 0.3) is 0 Å². The van der Waals surface area contributed by atoms with Gasteiger partial charge in [0.2, 0.25) is 0 Å². The highest BCUT2D eigenvalue weighted by molar-refractivity contribution is 5.79. The summed E-state index contributed by atoms with van der Waals surface area (Å²) in [6.07, 6.45) is 2.58. The molecule has 1 aromatic rings. The summed E-state index contributed by atoms with van der Waals surface area (Å²) in [5.41, 5.74) is 2.12. The number of allylic oxidation sites excluding steroid dienone is 1. The molecule has 168 valence electrons. The number of hydrogen-bond acceptors (Lipinski definition) is 5. The molecule has 0 bridgehead atoms. The molecule has 1 aliphatic heterocycles. The molecule has 0 amide bonds. The Bertz CT molecular complexity index is 713. The molecule has 1 aromatic carbocycles. The van der Waals surface area contributed by atoms with Crippen molar-refractivity contribution in [3.63, 3.8) is 0 Å². The van der Waals surface area contributed by atoms with Crippen LogP contribution in [0.4, 0.5) is 0 Å². The highest BCUT2D eigenvalue weighted by atomic mass is 16.5. The van der Waals surface area contributed by atoms with Gasteiger partial charge in [0.25, 0.3) is 0 Å². The maximum absolute atomic E-state index is 5.53. The first-order chi connectivity index (χ1) is 14.4. The van der Waals surface area contributed by atoms with Crippen LogP contribution in [0.2, 0.25) is 0 Å². The number of morpholine rings is 1. The minimum Gasteiger partial charge on any atom is -0.493 e. The van der Waals surface area contributed by atoms with Gasteiger partial charge in [-0.25, -0.2) is 4.99 Å². The second-order valence-electron chi connectivity index (χ2n) is 7.94. The Labute approximate surface area is 181 Å². The first-order valence-corrected chi connectivity index (χ1v) is 10.6. The summed E-state index contributed by atoms with van der Waals surface area (Å²) in [4.78, 5) is 7.25. The molecule has 0 unspecified atom stereocenters. The van der Waals surface area contributed by atoms with Gasteiger partial charge in [-0.1, -0.05) is 6.08 Å². The van der Waals surface area contributed by atoms with Crippen molar-refractivity contribution in [2.45, 2.75) is 39.3 Å². The molecule has 1 heterocycles. The van der Waals surface area contributed by atoms with Crippen LogP contribution in [0.5, 0.6) is 11.5 Å². The number of aliphatic imine (C=N–C) groups is 1. The lowest BCUT2D eigenvalue weighted by Crippen LogP contribution is -2.56. The Morgan fingerprint density at radius 3 is 2.57 bits per heavy atom. The smallest absolute Gasteiger partial charge is 0.191 e. The predicted octanol–water partition coefficient (Wildman–Crippen LogP) is 2.60. The van der Waals surface area contributed by atoms with Gasteiger partial charge in [-0.3, -0.25) is 4.90 Å². The Hall–Kier alpha value is -2.25. The Morgan fingerprint density at radius 2 is 1.97 bits per heavy atom. The van der Waals surface area contributed by atoms with Crippen LogP contribution >= 0.6 is 0 Å². The Morgan fingerprint density at radius 1 is 1.23 bits per heavy atom. The second-order valence-corrected chi connectivity index (χ2v) is 7.94. The molecule has 2 N–H and O–H groups in total. The zero-order chi connectivity index (χ0) is 22.0. The molecule has 1 saturated heterocycles. The van der Waals surface area contributed by atoms with Crippen LogP contribution in [-0.2, 0) is 17.7 Å². The van der Waals surface area contributed by atoms with Crippen molar-refractivity contribution in [2.24, 2.45) is 4.99 Å². The van der Waals surface area contributed by atoms with Crippen LogP contribution in [-0.4, -0.2) is 70.0 Å². The number of benzene rings is 1. The molecule has 1 aliphatic rings. The van der Waals surface area contributed by atoms with Gasteiger partial charge in [-0.15, -0.1) is 6.58 Å². The van der Waals surface area contributed by atoms with Gasteiger partial charge in [0, 0.05) is 37.3 Å². The van der Waals surface area contributed by atoms with Crippen LogP contribution in [0.1, 0.15) is 31.9 Å². The van der Waals surface area contributed by atoms with E-state index >= 15 is 0 Å². The van der Waals surface area contributed by atoms with Gasteiger partial charge in [-0.2, -0.15) is 0 Å². The van der Waals surface area contributed by atoms with E-state index in [4.69, 9.17) is 19.2 Å². The van der Waals surface area contributed by atoms with E-state index in [1.54, 1.807) is 14.2 Å². The van der Waals surface area contributed by atoms with E-state index in [9.17, 15) is 0 Å². The van der Waals surface area contributed by atoms with E-state index in [-0.39, 0.29) is 5.54 Å². The Balaban J connectivity index is 2.11. The minimum atomic E-state index is 0.0143. The minimum absolute atomic E-state index is 0.0143. The average Bonchev–Trinajstić information content (AvgIpc) is 2.76. The largest absolute Gasteiger partial charge is 0.493 e. The SMILES string of the molecule is C=CCc1cc(CN=C(NCC)NCC(C)(C)N2CCOCC2)cc(OC)c1OC. The molecule has 0 aromatic heterocycles. The topological polar surface area (TPSA) is 67.4 Å². The molecule has 2 rings (SSSR count). The van der Waals surface area contributed by atoms with Crippen molar-refractivity contribution in [1.29, 1.82) is 0 Å². The second kappa shape index (κ2) is 11.8. The van der Waals surface area contributed by atoms with Crippen molar-refractivity contribution < 1.29 is 14.2 Å². The molecular weight excluding hydrogens is 380 g/mol. The lowest BCUT2D eigenvalue weighted by atomic mass is 10.0. The van der Waals surface area contributed by atoms with E-state index in [0.29, 0.717) is 18.7 Å². The summed E-state index contributed by atoms with van der Waals surface area (Å²) in [6.45, 7) is 16.1. The van der Waals surface area contributed by atoms with Gasteiger partial charge in [0.1, 0.15) is 0 Å². The highest BCUT2D eigenvalue weighted by Crippen LogP contribution is 2.33. The number of hydrogen-bond donors (Lipinski definition) is 2. The van der Waals surface area contributed by atoms with Crippen LogP contribution in [0, 0.1) is 0 Å². The Kier molecular flexibility index (Phi) is 9.46. The highest BCUT2D eigenvalue weighted by Gasteiger charge is 2.28. The summed E-state index contributed by atoms with van der Waals surface area (Å²) in [5.74, 6) is 2.27. The number of methoxy groups -OCH3 is 2.